The van der Waals surface area contributed by atoms with E-state index in [0.29, 0.717) is 0 Å². The van der Waals surface area contributed by atoms with Crippen molar-refractivity contribution in [2.75, 3.05) is 0 Å². The number of rotatable bonds is 2. The number of carbonyl (C=O) groups excluding carboxylic acids is 1. The van der Waals surface area contributed by atoms with Crippen molar-refractivity contribution in [1.82, 2.24) is 0 Å². The van der Waals surface area contributed by atoms with Gasteiger partial charge in [0.15, 0.2) is 11.5 Å². The zero-order valence-electron chi connectivity index (χ0n) is 10.4. The number of ketones is 1. The minimum absolute atomic E-state index is 0.185. The molecule has 0 heterocycles. The van der Waals surface area contributed by atoms with Crippen LogP contribution < -0.4 is 0 Å². The van der Waals surface area contributed by atoms with Gasteiger partial charge in [0.05, 0.1) is 0 Å². The number of carbonyl (C=O) groups is 1. The first-order valence-electron chi connectivity index (χ1n) is 5.61. The van der Waals surface area contributed by atoms with Gasteiger partial charge in [-0.1, -0.05) is 19.4 Å². The standard InChI is InChI=1S/C13H20O3/c1-8-6-5-7-13(3,4)10(8)12(16)11(15)9(2)14/h15-16H,5-7H2,1-4H3/b12-11+. The molecule has 2 N–H and O–H groups in total. The summed E-state index contributed by atoms with van der Waals surface area (Å²) in [5.74, 6) is -1.27. The van der Waals surface area contributed by atoms with E-state index in [0.717, 1.165) is 30.4 Å². The van der Waals surface area contributed by atoms with Gasteiger partial charge in [-0.05, 0) is 31.6 Å². The van der Waals surface area contributed by atoms with E-state index >= 15 is 0 Å². The lowest BCUT2D eigenvalue weighted by molar-refractivity contribution is -0.116. The number of aliphatic hydroxyl groups is 2. The third-order valence-corrected chi connectivity index (χ3v) is 3.25. The summed E-state index contributed by atoms with van der Waals surface area (Å²) in [6, 6.07) is 0. The highest BCUT2D eigenvalue weighted by Crippen LogP contribution is 2.43. The van der Waals surface area contributed by atoms with Crippen LogP contribution in [0.3, 0.4) is 0 Å². The highest BCUT2D eigenvalue weighted by Gasteiger charge is 2.32. The molecule has 0 bridgehead atoms. The molecule has 0 aromatic heterocycles. The number of allylic oxidation sites excluding steroid dienone is 3. The summed E-state index contributed by atoms with van der Waals surface area (Å²) in [6.45, 7) is 7.24. The average Bonchev–Trinajstić information content (AvgIpc) is 2.14. The van der Waals surface area contributed by atoms with Crippen molar-refractivity contribution in [3.8, 4) is 0 Å². The molecule has 1 aliphatic carbocycles. The predicted molar refractivity (Wildman–Crippen MR) is 63.3 cm³/mol. The van der Waals surface area contributed by atoms with Gasteiger partial charge < -0.3 is 10.2 Å². The van der Waals surface area contributed by atoms with Gasteiger partial charge in [0.1, 0.15) is 0 Å². The molecule has 90 valence electrons. The molecule has 0 unspecified atom stereocenters. The van der Waals surface area contributed by atoms with Crippen molar-refractivity contribution < 1.29 is 15.0 Å². The maximum atomic E-state index is 11.1. The van der Waals surface area contributed by atoms with Crippen molar-refractivity contribution in [2.45, 2.75) is 47.0 Å². The van der Waals surface area contributed by atoms with Crippen LogP contribution in [-0.2, 0) is 4.79 Å². The Morgan fingerprint density at radius 1 is 1.31 bits per heavy atom. The lowest BCUT2D eigenvalue weighted by atomic mass is 9.72. The Morgan fingerprint density at radius 3 is 2.31 bits per heavy atom. The zero-order valence-corrected chi connectivity index (χ0v) is 10.4. The molecule has 16 heavy (non-hydrogen) atoms. The Bertz CT molecular complexity index is 373. The van der Waals surface area contributed by atoms with E-state index in [9.17, 15) is 15.0 Å². The topological polar surface area (TPSA) is 57.5 Å². The SMILES string of the molecule is CC(=O)/C(O)=C(\O)C1=C(C)CCCC1(C)C. The second-order valence-electron chi connectivity index (χ2n) is 5.15. The van der Waals surface area contributed by atoms with E-state index in [2.05, 4.69) is 0 Å². The van der Waals surface area contributed by atoms with Crippen molar-refractivity contribution in [3.05, 3.63) is 22.7 Å². The lowest BCUT2D eigenvalue weighted by Crippen LogP contribution is -2.23. The number of hydrogen-bond donors (Lipinski definition) is 2. The number of Topliss-reactive ketones (excluding diaryl/α,β-unsaturated/α-hetero) is 1. The first kappa shape index (κ1) is 12.8. The minimum Gasteiger partial charge on any atom is -0.504 e. The largest absolute Gasteiger partial charge is 0.504 e. The normalized spacial score (nSPS) is 21.8. The fourth-order valence-electron chi connectivity index (χ4n) is 2.43. The molecule has 3 nitrogen and oxygen atoms in total. The molecule has 0 aliphatic heterocycles. The zero-order chi connectivity index (χ0) is 12.5. The number of aliphatic hydroxyl groups excluding tert-OH is 2. The predicted octanol–water partition coefficient (Wildman–Crippen LogP) is 3.43. The molecule has 0 saturated carbocycles. The molecule has 0 aromatic rings. The third kappa shape index (κ3) is 2.29. The van der Waals surface area contributed by atoms with Crippen LogP contribution in [0.2, 0.25) is 0 Å². The Labute approximate surface area is 96.5 Å². The van der Waals surface area contributed by atoms with Crippen LogP contribution in [0.15, 0.2) is 22.7 Å². The third-order valence-electron chi connectivity index (χ3n) is 3.25. The van der Waals surface area contributed by atoms with Crippen molar-refractivity contribution in [1.29, 1.82) is 0 Å². The van der Waals surface area contributed by atoms with Crippen LogP contribution in [0, 0.1) is 5.41 Å². The molecule has 0 spiro atoms. The van der Waals surface area contributed by atoms with Gasteiger partial charge in [0, 0.05) is 12.5 Å². The minimum atomic E-state index is -0.524. The molecule has 3 heteroatoms. The summed E-state index contributed by atoms with van der Waals surface area (Å²) in [7, 11) is 0. The van der Waals surface area contributed by atoms with Gasteiger partial charge in [0.2, 0.25) is 5.76 Å². The highest BCUT2D eigenvalue weighted by molar-refractivity contribution is 5.91. The smallest absolute Gasteiger partial charge is 0.201 e. The fourth-order valence-corrected chi connectivity index (χ4v) is 2.43. The van der Waals surface area contributed by atoms with Gasteiger partial charge in [-0.3, -0.25) is 4.79 Å². The van der Waals surface area contributed by atoms with Crippen LogP contribution in [0.25, 0.3) is 0 Å². The van der Waals surface area contributed by atoms with Crippen LogP contribution in [-0.4, -0.2) is 16.0 Å². The van der Waals surface area contributed by atoms with Gasteiger partial charge >= 0.3 is 0 Å². The fraction of sp³-hybridized carbons (Fsp3) is 0.615. The van der Waals surface area contributed by atoms with E-state index in [1.807, 2.05) is 20.8 Å². The lowest BCUT2D eigenvalue weighted by Gasteiger charge is -2.34. The van der Waals surface area contributed by atoms with Crippen LogP contribution in [0.5, 0.6) is 0 Å². The van der Waals surface area contributed by atoms with Crippen molar-refractivity contribution >= 4 is 5.78 Å². The molecule has 1 aliphatic rings. The molecule has 0 amide bonds. The quantitative estimate of drug-likeness (QED) is 0.558. The molecule has 0 fully saturated rings. The first-order valence-corrected chi connectivity index (χ1v) is 5.61. The summed E-state index contributed by atoms with van der Waals surface area (Å²) in [6.07, 6.45) is 2.94. The molecule has 0 radical (unpaired) electrons. The van der Waals surface area contributed by atoms with E-state index in [1.165, 1.54) is 6.92 Å². The van der Waals surface area contributed by atoms with Gasteiger partial charge in [-0.2, -0.15) is 0 Å². The molecule has 1 rings (SSSR count). The summed E-state index contributed by atoms with van der Waals surface area (Å²) in [5, 5.41) is 19.5. The summed E-state index contributed by atoms with van der Waals surface area (Å²) >= 11 is 0. The Kier molecular flexibility index (Phi) is 3.46. The molecular weight excluding hydrogens is 204 g/mol. The summed E-state index contributed by atoms with van der Waals surface area (Å²) in [5.41, 5.74) is 1.60. The first-order chi connectivity index (χ1) is 7.27. The second kappa shape index (κ2) is 4.32. The number of hydrogen-bond acceptors (Lipinski definition) is 3. The molecular formula is C13H20O3. The maximum absolute atomic E-state index is 11.1. The summed E-state index contributed by atoms with van der Waals surface area (Å²) < 4.78 is 0. The van der Waals surface area contributed by atoms with Gasteiger partial charge in [0.25, 0.3) is 0 Å². The Morgan fingerprint density at radius 2 is 1.88 bits per heavy atom. The highest BCUT2D eigenvalue weighted by atomic mass is 16.3. The Hall–Kier alpha value is -1.25. The monoisotopic (exact) mass is 224 g/mol. The van der Waals surface area contributed by atoms with Crippen LogP contribution in [0.4, 0.5) is 0 Å². The van der Waals surface area contributed by atoms with E-state index in [-0.39, 0.29) is 11.2 Å². The van der Waals surface area contributed by atoms with E-state index < -0.39 is 11.5 Å². The van der Waals surface area contributed by atoms with Gasteiger partial charge in [-0.25, -0.2) is 0 Å². The van der Waals surface area contributed by atoms with Gasteiger partial charge in [-0.15, -0.1) is 0 Å². The van der Waals surface area contributed by atoms with Crippen LogP contribution >= 0.6 is 0 Å². The molecule has 0 saturated heterocycles. The average molecular weight is 224 g/mol. The Balaban J connectivity index is 3.30. The maximum Gasteiger partial charge on any atom is 0.201 e. The van der Waals surface area contributed by atoms with Crippen molar-refractivity contribution in [3.63, 3.8) is 0 Å². The summed E-state index contributed by atoms with van der Waals surface area (Å²) in [4.78, 5) is 11.1. The second-order valence-corrected chi connectivity index (χ2v) is 5.15. The molecule has 0 atom stereocenters. The molecule has 0 aromatic carbocycles. The van der Waals surface area contributed by atoms with Crippen molar-refractivity contribution in [2.24, 2.45) is 5.41 Å². The van der Waals surface area contributed by atoms with Crippen LogP contribution in [0.1, 0.15) is 47.0 Å². The van der Waals surface area contributed by atoms with E-state index in [4.69, 9.17) is 0 Å². The van der Waals surface area contributed by atoms with E-state index in [1.54, 1.807) is 0 Å².